The van der Waals surface area contributed by atoms with E-state index < -0.39 is 5.60 Å². The molecular formula is C21H20NO+. The molecule has 1 aliphatic rings. The third-order valence-corrected chi connectivity index (χ3v) is 3.92. The van der Waals surface area contributed by atoms with Crippen molar-refractivity contribution in [3.63, 3.8) is 0 Å². The van der Waals surface area contributed by atoms with Gasteiger partial charge in [-0.15, -0.1) is 0 Å². The molecule has 0 bridgehead atoms. The highest BCUT2D eigenvalue weighted by Crippen LogP contribution is 2.41. The lowest BCUT2D eigenvalue weighted by Gasteiger charge is -2.34. The van der Waals surface area contributed by atoms with Gasteiger partial charge in [0.1, 0.15) is 17.7 Å². The molecular weight excluding hydrogens is 282 g/mol. The van der Waals surface area contributed by atoms with Crippen molar-refractivity contribution >= 4 is 0 Å². The molecule has 0 saturated carbocycles. The molecule has 0 fully saturated rings. The smallest absolute Gasteiger partial charge is 0.168 e. The number of benzene rings is 2. The fraction of sp³-hybridized carbons (Fsp3) is 0.143. The number of nitrogens with two attached hydrogens (primary N) is 1. The Morgan fingerprint density at radius 3 is 2.00 bits per heavy atom. The van der Waals surface area contributed by atoms with Crippen LogP contribution in [0.4, 0.5) is 0 Å². The molecule has 0 radical (unpaired) electrons. The number of allylic oxidation sites excluding steroid dienone is 4. The van der Waals surface area contributed by atoms with Crippen LogP contribution in [0.1, 0.15) is 11.1 Å². The first-order chi connectivity index (χ1) is 11.4. The van der Waals surface area contributed by atoms with E-state index in [1.165, 1.54) is 0 Å². The van der Waals surface area contributed by atoms with E-state index >= 15 is 0 Å². The molecule has 0 heterocycles. The van der Waals surface area contributed by atoms with E-state index in [1.54, 1.807) is 0 Å². The lowest BCUT2D eigenvalue weighted by molar-refractivity contribution is 0.0173. The standard InChI is InChI=1S/C21H20NO/c22-16-17-23-21(18-10-4-1-5-11-18,19-12-6-2-7-13-19)20-14-8-3-9-15-20/h1-2,4-15H,16-17,22H2/q+1. The van der Waals surface area contributed by atoms with Gasteiger partial charge in [0.2, 0.25) is 0 Å². The van der Waals surface area contributed by atoms with Crippen LogP contribution in [0.5, 0.6) is 0 Å². The molecule has 0 spiro atoms. The summed E-state index contributed by atoms with van der Waals surface area (Å²) in [5, 5.41) is 0. The lowest BCUT2D eigenvalue weighted by atomic mass is 9.78. The Balaban J connectivity index is 2.23. The highest BCUT2D eigenvalue weighted by molar-refractivity contribution is 5.51. The Morgan fingerprint density at radius 2 is 1.52 bits per heavy atom. The average molecular weight is 302 g/mol. The van der Waals surface area contributed by atoms with Crippen molar-refractivity contribution in [3.8, 4) is 0 Å². The average Bonchev–Trinajstić information content (AvgIpc) is 2.65. The van der Waals surface area contributed by atoms with Gasteiger partial charge in [0.15, 0.2) is 5.60 Å². The molecule has 2 aromatic rings. The van der Waals surface area contributed by atoms with E-state index in [4.69, 9.17) is 10.5 Å². The summed E-state index contributed by atoms with van der Waals surface area (Å²) in [6.07, 6.45) is 11.0. The van der Waals surface area contributed by atoms with Gasteiger partial charge in [0.05, 0.1) is 18.8 Å². The summed E-state index contributed by atoms with van der Waals surface area (Å²) in [4.78, 5) is 0. The quantitative estimate of drug-likeness (QED) is 0.825. The number of hydrogen-bond donors (Lipinski definition) is 1. The van der Waals surface area contributed by atoms with Crippen molar-refractivity contribution in [2.75, 3.05) is 13.2 Å². The monoisotopic (exact) mass is 302 g/mol. The molecule has 1 aliphatic carbocycles. The van der Waals surface area contributed by atoms with Crippen LogP contribution in [0.25, 0.3) is 0 Å². The number of hydrogen-bond acceptors (Lipinski definition) is 2. The van der Waals surface area contributed by atoms with Gasteiger partial charge in [-0.05, 0) is 11.1 Å². The van der Waals surface area contributed by atoms with Crippen LogP contribution in [0.3, 0.4) is 0 Å². The minimum Gasteiger partial charge on any atom is -0.357 e. The Labute approximate surface area is 137 Å². The van der Waals surface area contributed by atoms with Crippen LogP contribution in [0.15, 0.2) is 90.5 Å². The van der Waals surface area contributed by atoms with Crippen LogP contribution >= 0.6 is 0 Å². The zero-order valence-corrected chi connectivity index (χ0v) is 13.0. The summed E-state index contributed by atoms with van der Waals surface area (Å²) in [6, 6.07) is 20.6. The lowest BCUT2D eigenvalue weighted by Crippen LogP contribution is -2.35. The van der Waals surface area contributed by atoms with E-state index in [0.717, 1.165) is 16.7 Å². The molecule has 114 valence electrons. The van der Waals surface area contributed by atoms with Gasteiger partial charge in [-0.1, -0.05) is 60.7 Å². The predicted molar refractivity (Wildman–Crippen MR) is 93.7 cm³/mol. The summed E-state index contributed by atoms with van der Waals surface area (Å²) >= 11 is 0. The first-order valence-electron chi connectivity index (χ1n) is 7.79. The molecule has 0 atom stereocenters. The zero-order valence-electron chi connectivity index (χ0n) is 13.0. The zero-order chi connectivity index (χ0) is 16.0. The Hall–Kier alpha value is -2.51. The van der Waals surface area contributed by atoms with Gasteiger partial charge in [0.25, 0.3) is 0 Å². The van der Waals surface area contributed by atoms with E-state index in [-0.39, 0.29) is 0 Å². The molecule has 0 aromatic heterocycles. The maximum absolute atomic E-state index is 6.40. The molecule has 0 unspecified atom stereocenters. The van der Waals surface area contributed by atoms with E-state index in [9.17, 15) is 0 Å². The largest absolute Gasteiger partial charge is 0.357 e. The van der Waals surface area contributed by atoms with Crippen LogP contribution in [-0.4, -0.2) is 13.2 Å². The van der Waals surface area contributed by atoms with Crippen molar-refractivity contribution in [2.24, 2.45) is 5.73 Å². The molecule has 2 aromatic carbocycles. The summed E-state index contributed by atoms with van der Waals surface area (Å²) in [5.41, 5.74) is 8.32. The van der Waals surface area contributed by atoms with Gasteiger partial charge in [-0.25, -0.2) is 0 Å². The van der Waals surface area contributed by atoms with Crippen molar-refractivity contribution < 1.29 is 4.74 Å². The molecule has 2 nitrogen and oxygen atoms in total. The van der Waals surface area contributed by atoms with Crippen LogP contribution < -0.4 is 5.73 Å². The maximum atomic E-state index is 6.40. The van der Waals surface area contributed by atoms with Crippen LogP contribution in [0.2, 0.25) is 0 Å². The number of ether oxygens (including phenoxy) is 1. The van der Waals surface area contributed by atoms with Gasteiger partial charge in [0, 0.05) is 12.6 Å². The molecule has 0 amide bonds. The van der Waals surface area contributed by atoms with Crippen molar-refractivity contribution in [2.45, 2.75) is 5.60 Å². The first-order valence-corrected chi connectivity index (χ1v) is 7.79. The molecule has 2 heteroatoms. The van der Waals surface area contributed by atoms with Gasteiger partial charge in [-0.3, -0.25) is 0 Å². The molecule has 0 saturated heterocycles. The highest BCUT2D eigenvalue weighted by atomic mass is 16.5. The summed E-state index contributed by atoms with van der Waals surface area (Å²) in [5.74, 6) is 0. The normalized spacial score (nSPS) is 13.5. The maximum Gasteiger partial charge on any atom is 0.168 e. The SMILES string of the molecule is NCCOC(C1=CC=[C+]C=C1)(c1ccccc1)c1ccccc1. The Morgan fingerprint density at radius 1 is 0.913 bits per heavy atom. The fourth-order valence-electron chi connectivity index (χ4n) is 2.93. The summed E-state index contributed by atoms with van der Waals surface area (Å²) in [7, 11) is 0. The minimum atomic E-state index is -0.670. The summed E-state index contributed by atoms with van der Waals surface area (Å²) in [6.45, 7) is 0.947. The van der Waals surface area contributed by atoms with Crippen LogP contribution in [-0.2, 0) is 10.3 Å². The molecule has 23 heavy (non-hydrogen) atoms. The van der Waals surface area contributed by atoms with E-state index in [2.05, 4.69) is 42.5 Å². The third-order valence-electron chi connectivity index (χ3n) is 3.92. The van der Waals surface area contributed by atoms with Crippen molar-refractivity contribution in [1.82, 2.24) is 0 Å². The fourth-order valence-corrected chi connectivity index (χ4v) is 2.93. The highest BCUT2D eigenvalue weighted by Gasteiger charge is 2.41. The second-order valence-electron chi connectivity index (χ2n) is 5.34. The Bertz CT molecular complexity index is 675. The predicted octanol–water partition coefficient (Wildman–Crippen LogP) is 3.76. The second-order valence-corrected chi connectivity index (χ2v) is 5.34. The van der Waals surface area contributed by atoms with Gasteiger partial charge >= 0.3 is 0 Å². The van der Waals surface area contributed by atoms with E-state index in [0.29, 0.717) is 13.2 Å². The van der Waals surface area contributed by atoms with Crippen molar-refractivity contribution in [1.29, 1.82) is 0 Å². The van der Waals surface area contributed by atoms with Crippen LogP contribution in [0, 0.1) is 6.08 Å². The molecule has 3 rings (SSSR count). The second kappa shape index (κ2) is 7.17. The minimum absolute atomic E-state index is 0.473. The van der Waals surface area contributed by atoms with Crippen molar-refractivity contribution in [3.05, 3.63) is 108 Å². The third kappa shape index (κ3) is 3.01. The number of rotatable bonds is 6. The van der Waals surface area contributed by atoms with Gasteiger partial charge < -0.3 is 10.5 Å². The molecule has 0 aliphatic heterocycles. The first kappa shape index (κ1) is 15.4. The molecule has 2 N–H and O–H groups in total. The summed E-state index contributed by atoms with van der Waals surface area (Å²) < 4.78 is 6.40. The van der Waals surface area contributed by atoms with Gasteiger partial charge in [-0.2, -0.15) is 0 Å². The van der Waals surface area contributed by atoms with E-state index in [1.807, 2.05) is 48.6 Å². The Kier molecular flexibility index (Phi) is 4.80. The topological polar surface area (TPSA) is 35.2 Å².